The first-order valence-corrected chi connectivity index (χ1v) is 12.4. The first kappa shape index (κ1) is 22.4. The molecular formula is C22H20ClN3O4S2. The van der Waals surface area contributed by atoms with Crippen molar-refractivity contribution in [3.8, 4) is 0 Å². The molecule has 1 aliphatic rings. The zero-order valence-electron chi connectivity index (χ0n) is 17.8. The predicted molar refractivity (Wildman–Crippen MR) is 126 cm³/mol. The summed E-state index contributed by atoms with van der Waals surface area (Å²) in [6, 6.07) is 5.30. The molecule has 1 unspecified atom stereocenters. The third-order valence-electron chi connectivity index (χ3n) is 5.24. The van der Waals surface area contributed by atoms with E-state index in [0.29, 0.717) is 11.4 Å². The third kappa shape index (κ3) is 3.41. The molecule has 0 radical (unpaired) electrons. The van der Waals surface area contributed by atoms with E-state index in [0.717, 1.165) is 28.0 Å². The van der Waals surface area contributed by atoms with Crippen LogP contribution in [0.3, 0.4) is 0 Å². The molecule has 1 N–H and O–H groups in total. The van der Waals surface area contributed by atoms with E-state index in [-0.39, 0.29) is 20.6 Å². The molecule has 0 aliphatic carbocycles. The summed E-state index contributed by atoms with van der Waals surface area (Å²) in [6.07, 6.45) is 4.23. The van der Waals surface area contributed by atoms with Crippen molar-refractivity contribution in [2.24, 2.45) is 4.99 Å². The molecule has 0 spiro atoms. The van der Waals surface area contributed by atoms with Crippen LogP contribution in [0, 0.1) is 27.7 Å². The van der Waals surface area contributed by atoms with Gasteiger partial charge < -0.3 is 9.84 Å². The van der Waals surface area contributed by atoms with Crippen LogP contribution in [0.15, 0.2) is 50.1 Å². The van der Waals surface area contributed by atoms with E-state index in [1.807, 2.05) is 32.9 Å². The molecule has 1 aromatic carbocycles. The number of hydrogen-bond donors (Lipinski definition) is 1. The second-order valence-electron chi connectivity index (χ2n) is 7.59. The van der Waals surface area contributed by atoms with Crippen LogP contribution in [-0.2, 0) is 14.7 Å². The Balaban J connectivity index is 1.79. The number of nitrogens with one attached hydrogen (secondary N) is 1. The van der Waals surface area contributed by atoms with Crippen LogP contribution < -0.4 is 5.32 Å². The molecule has 10 heteroatoms. The maximum Gasteiger partial charge on any atom is 0.267 e. The molecule has 3 heterocycles. The number of benzene rings is 1. The summed E-state index contributed by atoms with van der Waals surface area (Å²) in [5.74, 6) is -0.626. The van der Waals surface area contributed by atoms with Gasteiger partial charge in [0, 0.05) is 11.9 Å². The Morgan fingerprint density at radius 2 is 1.88 bits per heavy atom. The molecule has 1 atom stereocenters. The van der Waals surface area contributed by atoms with Crippen molar-refractivity contribution in [2.75, 3.05) is 5.32 Å². The number of halogens is 1. The van der Waals surface area contributed by atoms with E-state index in [1.54, 1.807) is 12.3 Å². The van der Waals surface area contributed by atoms with Gasteiger partial charge in [0.2, 0.25) is 20.5 Å². The SMILES string of the molecule is Cc1cc(C)c(NC(=O)c2sccc2S(=O)(=O)C2(c3onc(C)c3Cl)C=CC=N2)c(C)c1. The van der Waals surface area contributed by atoms with E-state index >= 15 is 0 Å². The Morgan fingerprint density at radius 3 is 2.44 bits per heavy atom. The van der Waals surface area contributed by atoms with Crippen LogP contribution in [0.1, 0.15) is 37.8 Å². The number of rotatable bonds is 5. The van der Waals surface area contributed by atoms with Crippen LogP contribution in [0.5, 0.6) is 0 Å². The number of aryl methyl sites for hydroxylation is 4. The van der Waals surface area contributed by atoms with Gasteiger partial charge >= 0.3 is 0 Å². The average Bonchev–Trinajstić information content (AvgIpc) is 3.46. The number of aromatic nitrogens is 1. The van der Waals surface area contributed by atoms with Crippen LogP contribution >= 0.6 is 22.9 Å². The highest BCUT2D eigenvalue weighted by atomic mass is 35.5. The van der Waals surface area contributed by atoms with Gasteiger partial charge in [0.15, 0.2) is 0 Å². The molecule has 0 fully saturated rings. The van der Waals surface area contributed by atoms with Gasteiger partial charge in [-0.1, -0.05) is 34.5 Å². The van der Waals surface area contributed by atoms with Gasteiger partial charge in [-0.05, 0) is 62.4 Å². The molecule has 3 aromatic rings. The second-order valence-corrected chi connectivity index (χ2v) is 11.0. The molecule has 1 amide bonds. The number of sulfone groups is 1. The summed E-state index contributed by atoms with van der Waals surface area (Å²) in [7, 11) is -4.27. The highest BCUT2D eigenvalue weighted by Gasteiger charge is 2.52. The Bertz CT molecular complexity index is 1370. The minimum absolute atomic E-state index is 0.0478. The van der Waals surface area contributed by atoms with Crippen molar-refractivity contribution in [1.29, 1.82) is 0 Å². The van der Waals surface area contributed by atoms with Gasteiger partial charge in [0.25, 0.3) is 5.91 Å². The summed E-state index contributed by atoms with van der Waals surface area (Å²) in [5, 5.41) is 8.28. The highest BCUT2D eigenvalue weighted by molar-refractivity contribution is 7.92. The summed E-state index contributed by atoms with van der Waals surface area (Å²) in [6.45, 7) is 7.36. The number of aliphatic imine (C=N–C) groups is 1. The van der Waals surface area contributed by atoms with Gasteiger partial charge in [-0.2, -0.15) is 0 Å². The number of nitrogens with zero attached hydrogens (tertiary/aromatic N) is 2. The zero-order valence-corrected chi connectivity index (χ0v) is 20.2. The van der Waals surface area contributed by atoms with Crippen LogP contribution in [0.2, 0.25) is 5.02 Å². The maximum atomic E-state index is 13.9. The summed E-state index contributed by atoms with van der Waals surface area (Å²) < 4.78 is 33.0. The van der Waals surface area contributed by atoms with Crippen molar-refractivity contribution < 1.29 is 17.7 Å². The Morgan fingerprint density at radius 1 is 1.19 bits per heavy atom. The first-order valence-electron chi connectivity index (χ1n) is 9.65. The fourth-order valence-corrected chi connectivity index (χ4v) is 7.03. The van der Waals surface area contributed by atoms with E-state index in [1.165, 1.54) is 24.4 Å². The number of hydrogen-bond acceptors (Lipinski definition) is 7. The third-order valence-corrected chi connectivity index (χ3v) is 8.89. The summed E-state index contributed by atoms with van der Waals surface area (Å²) in [4.78, 5) is 15.3. The number of carbonyl (C=O) groups excluding carboxylic acids is 1. The minimum atomic E-state index is -4.27. The second kappa shape index (κ2) is 7.99. The lowest BCUT2D eigenvalue weighted by Gasteiger charge is -2.22. The molecule has 0 bridgehead atoms. The van der Waals surface area contributed by atoms with Crippen molar-refractivity contribution in [1.82, 2.24) is 5.16 Å². The van der Waals surface area contributed by atoms with Crippen molar-refractivity contribution >= 4 is 50.6 Å². The Hall–Kier alpha value is -2.75. The Kier molecular flexibility index (Phi) is 5.60. The zero-order chi connectivity index (χ0) is 23.3. The number of thiophene rings is 1. The number of carbonyl (C=O) groups is 1. The van der Waals surface area contributed by atoms with Gasteiger partial charge in [-0.15, -0.1) is 11.3 Å². The number of anilines is 1. The summed E-state index contributed by atoms with van der Waals surface area (Å²) >= 11 is 7.33. The molecule has 32 heavy (non-hydrogen) atoms. The maximum absolute atomic E-state index is 13.9. The molecule has 7 nitrogen and oxygen atoms in total. The van der Waals surface area contributed by atoms with Gasteiger partial charge in [0.05, 0.1) is 10.6 Å². The van der Waals surface area contributed by atoms with Gasteiger partial charge in [0.1, 0.15) is 9.90 Å². The van der Waals surface area contributed by atoms with E-state index in [9.17, 15) is 13.2 Å². The fourth-order valence-electron chi connectivity index (χ4n) is 3.76. The lowest BCUT2D eigenvalue weighted by Crippen LogP contribution is -2.32. The minimum Gasteiger partial charge on any atom is -0.355 e. The fraction of sp³-hybridized carbons (Fsp3) is 0.227. The van der Waals surface area contributed by atoms with Crippen molar-refractivity contribution in [2.45, 2.75) is 37.5 Å². The molecular weight excluding hydrogens is 470 g/mol. The van der Waals surface area contributed by atoms with Gasteiger partial charge in [-0.25, -0.2) is 8.42 Å². The van der Waals surface area contributed by atoms with Crippen LogP contribution in [0.25, 0.3) is 0 Å². The summed E-state index contributed by atoms with van der Waals surface area (Å²) in [5.41, 5.74) is 3.85. The van der Waals surface area contributed by atoms with Crippen LogP contribution in [0.4, 0.5) is 5.69 Å². The van der Waals surface area contributed by atoms with E-state index < -0.39 is 20.6 Å². The van der Waals surface area contributed by atoms with Crippen molar-refractivity contribution in [3.05, 3.63) is 73.8 Å². The normalized spacial score (nSPS) is 17.8. The molecule has 2 aromatic heterocycles. The lowest BCUT2D eigenvalue weighted by atomic mass is 10.1. The topological polar surface area (TPSA) is 102 Å². The lowest BCUT2D eigenvalue weighted by molar-refractivity contribution is 0.102. The van der Waals surface area contributed by atoms with Crippen LogP contribution in [-0.4, -0.2) is 25.7 Å². The quantitative estimate of drug-likeness (QED) is 0.534. The van der Waals surface area contributed by atoms with Gasteiger partial charge in [-0.3, -0.25) is 9.79 Å². The Labute approximate surface area is 194 Å². The van der Waals surface area contributed by atoms with E-state index in [2.05, 4.69) is 15.5 Å². The number of amides is 1. The molecule has 4 rings (SSSR count). The first-order chi connectivity index (χ1) is 15.1. The number of allylic oxidation sites excluding steroid dienone is 1. The molecule has 166 valence electrons. The monoisotopic (exact) mass is 489 g/mol. The van der Waals surface area contributed by atoms with Crippen molar-refractivity contribution in [3.63, 3.8) is 0 Å². The molecule has 1 aliphatic heterocycles. The highest BCUT2D eigenvalue weighted by Crippen LogP contribution is 2.45. The predicted octanol–water partition coefficient (Wildman–Crippen LogP) is 5.14. The smallest absolute Gasteiger partial charge is 0.267 e. The average molecular weight is 490 g/mol. The molecule has 0 saturated carbocycles. The standard InChI is InChI=1S/C22H20ClN3O4S2/c1-12-10-13(2)18(14(3)11-12)25-21(27)19-16(6-9-31-19)32(28,29)22(7-5-8-24-22)20-17(23)15(4)26-30-20/h5-11H,1-4H3,(H,25,27). The molecule has 0 saturated heterocycles. The largest absolute Gasteiger partial charge is 0.355 e. The van der Waals surface area contributed by atoms with E-state index in [4.69, 9.17) is 16.1 Å².